The molecule has 0 aromatic heterocycles. The van der Waals surface area contributed by atoms with E-state index in [1.807, 2.05) is 0 Å². The summed E-state index contributed by atoms with van der Waals surface area (Å²) in [5.41, 5.74) is 1.09. The minimum Gasteiger partial charge on any atom is -0.478 e. The fraction of sp³-hybridized carbons (Fsp3) is 0.444. The van der Waals surface area contributed by atoms with Gasteiger partial charge in [-0.05, 0) is 18.8 Å². The van der Waals surface area contributed by atoms with Crippen molar-refractivity contribution in [1.82, 2.24) is 0 Å². The van der Waals surface area contributed by atoms with Gasteiger partial charge in [-0.1, -0.05) is 17.7 Å². The molecule has 2 heteroatoms. The molecular weight excluding hydrogens is 140 g/mol. The number of rotatable bonds is 1. The van der Waals surface area contributed by atoms with Crippen LogP contribution in [0.25, 0.3) is 0 Å². The normalized spacial score (nSPS) is 36.9. The third kappa shape index (κ3) is 0.985. The summed E-state index contributed by atoms with van der Waals surface area (Å²) < 4.78 is 0. The fourth-order valence-electron chi connectivity index (χ4n) is 1.93. The average Bonchev–Trinajstić information content (AvgIpc) is 2.26. The molecule has 0 heterocycles. The smallest absolute Gasteiger partial charge is 0.328 e. The molecule has 0 aromatic carbocycles. The van der Waals surface area contributed by atoms with E-state index in [2.05, 4.69) is 12.2 Å². The second kappa shape index (κ2) is 2.22. The number of hydrogen-bond donors (Lipinski definition) is 1. The summed E-state index contributed by atoms with van der Waals surface area (Å²) in [6.07, 6.45) is 7.77. The van der Waals surface area contributed by atoms with Gasteiger partial charge in [0.25, 0.3) is 0 Å². The summed E-state index contributed by atoms with van der Waals surface area (Å²) in [6, 6.07) is 0. The second-order valence-electron chi connectivity index (χ2n) is 3.21. The zero-order valence-electron chi connectivity index (χ0n) is 6.16. The highest BCUT2D eigenvalue weighted by Gasteiger charge is 2.36. The Balaban J connectivity index is 2.10. The van der Waals surface area contributed by atoms with Crippen molar-refractivity contribution < 1.29 is 9.90 Å². The highest BCUT2D eigenvalue weighted by Crippen LogP contribution is 2.46. The average molecular weight is 150 g/mol. The third-order valence-electron chi connectivity index (χ3n) is 2.53. The Morgan fingerprint density at radius 3 is 3.18 bits per heavy atom. The van der Waals surface area contributed by atoms with Crippen LogP contribution in [0.4, 0.5) is 0 Å². The van der Waals surface area contributed by atoms with E-state index >= 15 is 0 Å². The van der Waals surface area contributed by atoms with Gasteiger partial charge in [-0.2, -0.15) is 0 Å². The van der Waals surface area contributed by atoms with E-state index in [9.17, 15) is 4.79 Å². The number of aliphatic carboxylic acids is 1. The number of carbonyl (C=O) groups is 1. The number of hydrogen-bond acceptors (Lipinski definition) is 1. The fourth-order valence-corrected chi connectivity index (χ4v) is 1.93. The number of carboxylic acids is 1. The largest absolute Gasteiger partial charge is 0.478 e. The molecular formula is C9H10O2. The molecule has 1 saturated carbocycles. The number of fused-ring (bicyclic) bond motifs is 1. The minimum atomic E-state index is -0.807. The van der Waals surface area contributed by atoms with Crippen LogP contribution in [0.3, 0.4) is 0 Å². The Kier molecular flexibility index (Phi) is 1.34. The highest BCUT2D eigenvalue weighted by molar-refractivity contribution is 5.81. The van der Waals surface area contributed by atoms with Gasteiger partial charge in [0.2, 0.25) is 0 Å². The number of allylic oxidation sites excluding steroid dienone is 3. The van der Waals surface area contributed by atoms with Crippen LogP contribution in [0.1, 0.15) is 12.8 Å². The zero-order valence-corrected chi connectivity index (χ0v) is 6.16. The predicted molar refractivity (Wildman–Crippen MR) is 41.1 cm³/mol. The predicted octanol–water partition coefficient (Wildman–Crippen LogP) is 1.59. The molecule has 0 amide bonds. The van der Waals surface area contributed by atoms with Gasteiger partial charge in [-0.3, -0.25) is 0 Å². The third-order valence-corrected chi connectivity index (χ3v) is 2.53. The molecule has 0 aromatic rings. The van der Waals surface area contributed by atoms with Gasteiger partial charge in [0, 0.05) is 12.0 Å². The van der Waals surface area contributed by atoms with Gasteiger partial charge < -0.3 is 5.11 Å². The Labute approximate surface area is 65.2 Å². The molecule has 1 fully saturated rings. The van der Waals surface area contributed by atoms with Crippen LogP contribution in [0.5, 0.6) is 0 Å². The first-order chi connectivity index (χ1) is 5.27. The Bertz CT molecular complexity index is 250. The maximum atomic E-state index is 10.3. The van der Waals surface area contributed by atoms with E-state index < -0.39 is 5.97 Å². The molecule has 0 saturated heterocycles. The molecule has 2 rings (SSSR count). The summed E-state index contributed by atoms with van der Waals surface area (Å²) in [5, 5.41) is 8.47. The standard InChI is InChI=1S/C9H10O2/c10-9(11)5-7-4-6-2-1-3-8(6)7/h1,3,5-6,8H,2,4H2,(H,10,11)/t6-,8+/m1/s1. The zero-order chi connectivity index (χ0) is 7.84. The molecule has 1 N–H and O–H groups in total. The monoisotopic (exact) mass is 150 g/mol. The van der Waals surface area contributed by atoms with E-state index in [0.717, 1.165) is 24.3 Å². The Morgan fingerprint density at radius 1 is 1.73 bits per heavy atom. The van der Waals surface area contributed by atoms with Gasteiger partial charge in [0.1, 0.15) is 0 Å². The van der Waals surface area contributed by atoms with Crippen LogP contribution in [0.15, 0.2) is 23.8 Å². The van der Waals surface area contributed by atoms with Crippen LogP contribution in [-0.4, -0.2) is 11.1 Å². The first-order valence-corrected chi connectivity index (χ1v) is 3.87. The maximum Gasteiger partial charge on any atom is 0.328 e. The van der Waals surface area contributed by atoms with Gasteiger partial charge in [-0.15, -0.1) is 0 Å². The van der Waals surface area contributed by atoms with Crippen LogP contribution >= 0.6 is 0 Å². The topological polar surface area (TPSA) is 37.3 Å². The lowest BCUT2D eigenvalue weighted by molar-refractivity contribution is -0.131. The van der Waals surface area contributed by atoms with E-state index in [-0.39, 0.29) is 0 Å². The van der Waals surface area contributed by atoms with E-state index in [4.69, 9.17) is 5.11 Å². The first kappa shape index (κ1) is 6.65. The van der Waals surface area contributed by atoms with Crippen molar-refractivity contribution in [2.75, 3.05) is 0 Å². The van der Waals surface area contributed by atoms with E-state index in [1.54, 1.807) is 0 Å². The van der Waals surface area contributed by atoms with Gasteiger partial charge in [-0.25, -0.2) is 4.79 Å². The lowest BCUT2D eigenvalue weighted by atomic mass is 9.71. The van der Waals surface area contributed by atoms with Gasteiger partial charge in [0.05, 0.1) is 0 Å². The summed E-state index contributed by atoms with van der Waals surface area (Å²) >= 11 is 0. The Hall–Kier alpha value is -1.05. The molecule has 2 aliphatic carbocycles. The highest BCUT2D eigenvalue weighted by atomic mass is 16.4. The van der Waals surface area contributed by atoms with Crippen molar-refractivity contribution in [1.29, 1.82) is 0 Å². The maximum absolute atomic E-state index is 10.3. The second-order valence-corrected chi connectivity index (χ2v) is 3.21. The van der Waals surface area contributed by atoms with Gasteiger partial charge >= 0.3 is 5.97 Å². The lowest BCUT2D eigenvalue weighted by Crippen LogP contribution is -2.24. The minimum absolute atomic E-state index is 0.464. The van der Waals surface area contributed by atoms with Crippen molar-refractivity contribution in [3.8, 4) is 0 Å². The van der Waals surface area contributed by atoms with Crippen molar-refractivity contribution in [2.24, 2.45) is 11.8 Å². The van der Waals surface area contributed by atoms with E-state index in [0.29, 0.717) is 5.92 Å². The summed E-state index contributed by atoms with van der Waals surface area (Å²) in [4.78, 5) is 10.3. The SMILES string of the molecule is O=C(O)C=C1C[C@H]2CC=C[C@H]12. The lowest BCUT2D eigenvalue weighted by Gasteiger charge is -2.33. The molecule has 0 radical (unpaired) electrons. The van der Waals surface area contributed by atoms with Crippen molar-refractivity contribution >= 4 is 5.97 Å². The first-order valence-electron chi connectivity index (χ1n) is 3.87. The van der Waals surface area contributed by atoms with Crippen molar-refractivity contribution in [3.05, 3.63) is 23.8 Å². The quantitative estimate of drug-likeness (QED) is 0.455. The van der Waals surface area contributed by atoms with Crippen LogP contribution in [0.2, 0.25) is 0 Å². The molecule has 11 heavy (non-hydrogen) atoms. The number of carboxylic acid groups (broad SMARTS) is 1. The molecule has 2 atom stereocenters. The molecule has 58 valence electrons. The summed E-state index contributed by atoms with van der Waals surface area (Å²) in [7, 11) is 0. The molecule has 0 spiro atoms. The molecule has 2 nitrogen and oxygen atoms in total. The van der Waals surface area contributed by atoms with Gasteiger partial charge in [0.15, 0.2) is 0 Å². The van der Waals surface area contributed by atoms with Crippen LogP contribution in [0, 0.1) is 11.8 Å². The Morgan fingerprint density at radius 2 is 2.55 bits per heavy atom. The van der Waals surface area contributed by atoms with Crippen molar-refractivity contribution in [2.45, 2.75) is 12.8 Å². The van der Waals surface area contributed by atoms with Crippen LogP contribution in [-0.2, 0) is 4.79 Å². The molecule has 0 aliphatic heterocycles. The van der Waals surface area contributed by atoms with E-state index in [1.165, 1.54) is 6.08 Å². The summed E-state index contributed by atoms with van der Waals surface area (Å²) in [6.45, 7) is 0. The molecule has 0 bridgehead atoms. The molecule has 0 unspecified atom stereocenters. The summed E-state index contributed by atoms with van der Waals surface area (Å²) in [5.74, 6) is 0.380. The van der Waals surface area contributed by atoms with Crippen LogP contribution < -0.4 is 0 Å². The van der Waals surface area contributed by atoms with Crippen molar-refractivity contribution in [3.63, 3.8) is 0 Å². The molecule has 2 aliphatic rings.